The number of nitrogens with zero attached hydrogens (tertiary/aromatic N) is 2. The number of carbonyl (C=O) groups excluding carboxylic acids is 1. The van der Waals surface area contributed by atoms with E-state index in [0.717, 1.165) is 21.0 Å². The molecule has 0 spiro atoms. The zero-order valence-corrected chi connectivity index (χ0v) is 16.0. The number of hydrogen-bond donors (Lipinski definition) is 0. The summed E-state index contributed by atoms with van der Waals surface area (Å²) in [5.74, 6) is 2.43. The largest absolute Gasteiger partial charge is 0.305 e. The molecule has 0 aliphatic heterocycles. The lowest BCUT2D eigenvalue weighted by Crippen LogP contribution is -2.16. The maximum Gasteiger partial charge on any atom is 0.280 e. The molecule has 132 valence electrons. The van der Waals surface area contributed by atoms with Gasteiger partial charge in [-0.05, 0) is 53.9 Å². The highest BCUT2D eigenvalue weighted by atomic mass is 32.1. The quantitative estimate of drug-likeness (QED) is 0.465. The molecule has 0 radical (unpaired) electrons. The van der Waals surface area contributed by atoms with E-state index in [2.05, 4.69) is 36.9 Å². The number of aryl methyl sites for hydroxylation is 2. The molecular weight excluding hydrogens is 352 g/mol. The second-order valence-corrected chi connectivity index (χ2v) is 7.53. The Morgan fingerprint density at radius 1 is 1.11 bits per heavy atom. The summed E-state index contributed by atoms with van der Waals surface area (Å²) < 4.78 is 3.02. The standard InChI is InChI=1S/C23H18N2OS/c1-4-12-25-20-13-15(2)16(3)14-21(20)27-23(25)24-22(26)19-11-7-9-17-8-5-6-10-18(17)19/h1,5-11,13-14H,12H2,2-3H3. The van der Waals surface area contributed by atoms with Crippen molar-refractivity contribution in [3.8, 4) is 12.3 Å². The van der Waals surface area contributed by atoms with Crippen LogP contribution in [0.15, 0.2) is 59.6 Å². The van der Waals surface area contributed by atoms with Crippen molar-refractivity contribution in [2.75, 3.05) is 0 Å². The van der Waals surface area contributed by atoms with Crippen molar-refractivity contribution >= 4 is 38.2 Å². The van der Waals surface area contributed by atoms with E-state index in [-0.39, 0.29) is 5.91 Å². The fraction of sp³-hybridized carbons (Fsp3) is 0.130. The van der Waals surface area contributed by atoms with Gasteiger partial charge in [-0.3, -0.25) is 4.79 Å². The molecule has 0 atom stereocenters. The Labute approximate surface area is 161 Å². The summed E-state index contributed by atoms with van der Waals surface area (Å²) in [6, 6.07) is 17.8. The van der Waals surface area contributed by atoms with Crippen molar-refractivity contribution in [2.24, 2.45) is 4.99 Å². The zero-order chi connectivity index (χ0) is 19.0. The molecule has 4 aromatic rings. The van der Waals surface area contributed by atoms with E-state index in [1.807, 2.05) is 47.0 Å². The third-order valence-electron chi connectivity index (χ3n) is 4.76. The maximum atomic E-state index is 13.0. The van der Waals surface area contributed by atoms with E-state index in [4.69, 9.17) is 6.42 Å². The van der Waals surface area contributed by atoms with E-state index in [0.29, 0.717) is 16.9 Å². The van der Waals surface area contributed by atoms with Crippen LogP contribution in [0.5, 0.6) is 0 Å². The Morgan fingerprint density at radius 3 is 2.67 bits per heavy atom. The number of benzene rings is 3. The SMILES string of the molecule is C#CCn1c(=NC(=O)c2cccc3ccccc23)sc2cc(C)c(C)cc21. The number of thiazole rings is 1. The van der Waals surface area contributed by atoms with Crippen LogP contribution in [0.25, 0.3) is 21.0 Å². The Morgan fingerprint density at radius 2 is 1.85 bits per heavy atom. The van der Waals surface area contributed by atoms with Crippen LogP contribution < -0.4 is 4.80 Å². The minimum absolute atomic E-state index is 0.252. The average molecular weight is 370 g/mol. The molecule has 0 N–H and O–H groups in total. The van der Waals surface area contributed by atoms with Crippen LogP contribution in [-0.4, -0.2) is 10.5 Å². The third-order valence-corrected chi connectivity index (χ3v) is 5.81. The van der Waals surface area contributed by atoms with Gasteiger partial charge in [-0.15, -0.1) is 6.42 Å². The van der Waals surface area contributed by atoms with Gasteiger partial charge < -0.3 is 4.57 Å². The summed E-state index contributed by atoms with van der Waals surface area (Å²) in [6.07, 6.45) is 5.57. The third kappa shape index (κ3) is 3.07. The average Bonchev–Trinajstić information content (AvgIpc) is 2.98. The topological polar surface area (TPSA) is 34.4 Å². The number of aromatic nitrogens is 1. The number of carbonyl (C=O) groups is 1. The fourth-order valence-corrected chi connectivity index (χ4v) is 4.32. The minimum Gasteiger partial charge on any atom is -0.305 e. The number of rotatable bonds is 2. The van der Waals surface area contributed by atoms with Gasteiger partial charge in [0.25, 0.3) is 5.91 Å². The highest BCUT2D eigenvalue weighted by Gasteiger charge is 2.12. The van der Waals surface area contributed by atoms with Crippen LogP contribution in [0.2, 0.25) is 0 Å². The predicted molar refractivity (Wildman–Crippen MR) is 112 cm³/mol. The molecule has 27 heavy (non-hydrogen) atoms. The van der Waals surface area contributed by atoms with Gasteiger partial charge in [0, 0.05) is 5.56 Å². The van der Waals surface area contributed by atoms with Crippen LogP contribution in [0.4, 0.5) is 0 Å². The molecule has 0 saturated carbocycles. The second kappa shape index (κ2) is 6.86. The monoisotopic (exact) mass is 370 g/mol. The Hall–Kier alpha value is -3.16. The first kappa shape index (κ1) is 17.3. The molecule has 4 heteroatoms. The number of amides is 1. The lowest BCUT2D eigenvalue weighted by atomic mass is 10.0. The van der Waals surface area contributed by atoms with Crippen LogP contribution in [-0.2, 0) is 6.54 Å². The molecule has 0 fully saturated rings. The smallest absolute Gasteiger partial charge is 0.280 e. The number of hydrogen-bond acceptors (Lipinski definition) is 2. The van der Waals surface area contributed by atoms with Crippen LogP contribution in [0.1, 0.15) is 21.5 Å². The van der Waals surface area contributed by atoms with Crippen molar-refractivity contribution in [1.29, 1.82) is 0 Å². The first-order valence-corrected chi connectivity index (χ1v) is 9.51. The van der Waals surface area contributed by atoms with Crippen molar-refractivity contribution in [3.05, 3.63) is 76.1 Å². The molecule has 0 bridgehead atoms. The molecular formula is C23H18N2OS. The van der Waals surface area contributed by atoms with Gasteiger partial charge in [-0.25, -0.2) is 0 Å². The van der Waals surface area contributed by atoms with Crippen molar-refractivity contribution in [2.45, 2.75) is 20.4 Å². The number of fused-ring (bicyclic) bond motifs is 2. The lowest BCUT2D eigenvalue weighted by Gasteiger charge is -2.04. The van der Waals surface area contributed by atoms with Crippen LogP contribution in [0.3, 0.4) is 0 Å². The molecule has 0 saturated heterocycles. The molecule has 0 unspecified atom stereocenters. The van der Waals surface area contributed by atoms with E-state index in [1.54, 1.807) is 0 Å². The van der Waals surface area contributed by atoms with Gasteiger partial charge in [0.1, 0.15) is 0 Å². The summed E-state index contributed by atoms with van der Waals surface area (Å²) in [7, 11) is 0. The van der Waals surface area contributed by atoms with Gasteiger partial charge in [0.05, 0.1) is 16.8 Å². The summed E-state index contributed by atoms with van der Waals surface area (Å²) in [5.41, 5.74) is 4.03. The Bertz CT molecular complexity index is 1300. The fourth-order valence-electron chi connectivity index (χ4n) is 3.21. The van der Waals surface area contributed by atoms with Crippen molar-refractivity contribution in [3.63, 3.8) is 0 Å². The van der Waals surface area contributed by atoms with E-state index in [9.17, 15) is 4.79 Å². The van der Waals surface area contributed by atoms with E-state index in [1.165, 1.54) is 22.5 Å². The van der Waals surface area contributed by atoms with Gasteiger partial charge in [-0.2, -0.15) is 4.99 Å². The molecule has 3 nitrogen and oxygen atoms in total. The molecule has 1 heterocycles. The molecule has 4 rings (SSSR count). The highest BCUT2D eigenvalue weighted by molar-refractivity contribution is 7.16. The molecule has 1 amide bonds. The van der Waals surface area contributed by atoms with Crippen LogP contribution >= 0.6 is 11.3 Å². The van der Waals surface area contributed by atoms with E-state index < -0.39 is 0 Å². The van der Waals surface area contributed by atoms with Crippen molar-refractivity contribution in [1.82, 2.24) is 4.57 Å². The summed E-state index contributed by atoms with van der Waals surface area (Å²) in [6.45, 7) is 4.53. The van der Waals surface area contributed by atoms with Gasteiger partial charge in [0.15, 0.2) is 4.80 Å². The Kier molecular flexibility index (Phi) is 4.39. The molecule has 1 aromatic heterocycles. The summed E-state index contributed by atoms with van der Waals surface area (Å²) in [5, 5.41) is 1.93. The highest BCUT2D eigenvalue weighted by Crippen LogP contribution is 2.23. The minimum atomic E-state index is -0.252. The predicted octanol–water partition coefficient (Wildman–Crippen LogP) is 4.85. The molecule has 3 aromatic carbocycles. The van der Waals surface area contributed by atoms with Gasteiger partial charge >= 0.3 is 0 Å². The normalized spacial score (nSPS) is 11.8. The molecule has 0 aliphatic carbocycles. The lowest BCUT2D eigenvalue weighted by molar-refractivity contribution is 0.0999. The first-order valence-electron chi connectivity index (χ1n) is 8.69. The zero-order valence-electron chi connectivity index (χ0n) is 15.2. The first-order chi connectivity index (χ1) is 13.1. The van der Waals surface area contributed by atoms with Crippen LogP contribution in [0, 0.1) is 26.2 Å². The maximum absolute atomic E-state index is 13.0. The summed E-state index contributed by atoms with van der Waals surface area (Å²) in [4.78, 5) is 18.0. The molecule has 0 aliphatic rings. The van der Waals surface area contributed by atoms with Crippen molar-refractivity contribution < 1.29 is 4.79 Å². The van der Waals surface area contributed by atoms with Gasteiger partial charge in [-0.1, -0.05) is 53.7 Å². The number of terminal acetylenes is 1. The summed E-state index contributed by atoms with van der Waals surface area (Å²) >= 11 is 1.50. The Balaban J connectivity index is 1.93. The van der Waals surface area contributed by atoms with E-state index >= 15 is 0 Å². The van der Waals surface area contributed by atoms with Gasteiger partial charge in [0.2, 0.25) is 0 Å². The second-order valence-electron chi connectivity index (χ2n) is 6.52.